The summed E-state index contributed by atoms with van der Waals surface area (Å²) in [5.74, 6) is 5.76. The van der Waals surface area contributed by atoms with Crippen molar-refractivity contribution < 1.29 is 14.3 Å². The van der Waals surface area contributed by atoms with Crippen LogP contribution in [0.15, 0.2) is 24.3 Å². The molecule has 0 unspecified atom stereocenters. The number of ether oxygens (including phenoxy) is 2. The maximum Gasteiger partial charge on any atom is 0.337 e. The Morgan fingerprint density at radius 1 is 1.40 bits per heavy atom. The van der Waals surface area contributed by atoms with Gasteiger partial charge in [0, 0.05) is 13.2 Å². The molecule has 0 aromatic heterocycles. The molecular formula is C15H22N2O3. The lowest BCUT2D eigenvalue weighted by molar-refractivity contribution is -0.0115. The third-order valence-corrected chi connectivity index (χ3v) is 3.71. The van der Waals surface area contributed by atoms with Gasteiger partial charge in [0.2, 0.25) is 0 Å². The number of carbonyl (C=O) groups excluding carboxylic acids is 1. The highest BCUT2D eigenvalue weighted by Gasteiger charge is 2.28. The third-order valence-electron chi connectivity index (χ3n) is 3.71. The molecule has 0 spiro atoms. The summed E-state index contributed by atoms with van der Waals surface area (Å²) in [7, 11) is 1.38. The number of nitrogens with two attached hydrogens (primary N) is 1. The van der Waals surface area contributed by atoms with Gasteiger partial charge in [-0.25, -0.2) is 9.80 Å². The van der Waals surface area contributed by atoms with E-state index in [0.717, 1.165) is 31.6 Å². The third kappa shape index (κ3) is 3.36. The van der Waals surface area contributed by atoms with Crippen molar-refractivity contribution in [1.29, 1.82) is 0 Å². The first kappa shape index (κ1) is 15.0. The van der Waals surface area contributed by atoms with Crippen LogP contribution < -0.4 is 5.84 Å². The SMILES string of the molecule is CCO[C@H]1CCN(N)[C@H](c2ccc(C(=O)OC)cc2)C1. The van der Waals surface area contributed by atoms with Crippen molar-refractivity contribution in [1.82, 2.24) is 5.01 Å². The van der Waals surface area contributed by atoms with Crippen LogP contribution in [0.1, 0.15) is 41.7 Å². The van der Waals surface area contributed by atoms with Crippen molar-refractivity contribution in [3.05, 3.63) is 35.4 Å². The summed E-state index contributed by atoms with van der Waals surface area (Å²) in [6.45, 7) is 3.55. The maximum absolute atomic E-state index is 11.4. The van der Waals surface area contributed by atoms with E-state index in [1.165, 1.54) is 7.11 Å². The number of esters is 1. The van der Waals surface area contributed by atoms with E-state index < -0.39 is 0 Å². The highest BCUT2D eigenvalue weighted by atomic mass is 16.5. The summed E-state index contributed by atoms with van der Waals surface area (Å²) < 4.78 is 10.4. The van der Waals surface area contributed by atoms with Crippen molar-refractivity contribution >= 4 is 5.97 Å². The van der Waals surface area contributed by atoms with Crippen molar-refractivity contribution in [2.45, 2.75) is 31.9 Å². The summed E-state index contributed by atoms with van der Waals surface area (Å²) in [4.78, 5) is 11.4. The Morgan fingerprint density at radius 3 is 2.70 bits per heavy atom. The number of hydrazine groups is 1. The van der Waals surface area contributed by atoms with Crippen LogP contribution in [0.4, 0.5) is 0 Å². The van der Waals surface area contributed by atoms with Crippen molar-refractivity contribution in [2.24, 2.45) is 5.84 Å². The average molecular weight is 278 g/mol. The quantitative estimate of drug-likeness (QED) is 0.673. The van der Waals surface area contributed by atoms with Crippen molar-refractivity contribution in [2.75, 3.05) is 20.3 Å². The van der Waals surface area contributed by atoms with Gasteiger partial charge in [0.15, 0.2) is 0 Å². The smallest absolute Gasteiger partial charge is 0.337 e. The lowest BCUT2D eigenvalue weighted by Crippen LogP contribution is -2.43. The second kappa shape index (κ2) is 6.83. The van der Waals surface area contributed by atoms with Crippen LogP contribution in [0.2, 0.25) is 0 Å². The number of rotatable bonds is 4. The molecule has 2 N–H and O–H groups in total. The predicted molar refractivity (Wildman–Crippen MR) is 76.1 cm³/mol. The van der Waals surface area contributed by atoms with Crippen LogP contribution in [-0.4, -0.2) is 37.3 Å². The van der Waals surface area contributed by atoms with E-state index in [-0.39, 0.29) is 18.1 Å². The molecule has 1 aliphatic heterocycles. The summed E-state index contributed by atoms with van der Waals surface area (Å²) in [5.41, 5.74) is 1.65. The normalized spacial score (nSPS) is 23.6. The zero-order valence-electron chi connectivity index (χ0n) is 12.0. The first-order chi connectivity index (χ1) is 9.65. The summed E-state index contributed by atoms with van der Waals surface area (Å²) in [6.07, 6.45) is 2.09. The topological polar surface area (TPSA) is 64.8 Å². The molecule has 1 aromatic carbocycles. The lowest BCUT2D eigenvalue weighted by Gasteiger charge is -2.36. The van der Waals surface area contributed by atoms with Gasteiger partial charge >= 0.3 is 5.97 Å². The average Bonchev–Trinajstić information content (AvgIpc) is 2.49. The Bertz CT molecular complexity index is 447. The number of methoxy groups -OCH3 is 1. The molecule has 1 aromatic rings. The molecule has 5 nitrogen and oxygen atoms in total. The standard InChI is InChI=1S/C15H22N2O3/c1-3-20-13-8-9-17(16)14(10-13)11-4-6-12(7-5-11)15(18)19-2/h4-7,13-14H,3,8-10,16H2,1-2H3/t13-,14-/m0/s1. The van der Waals surface area contributed by atoms with E-state index in [1.807, 2.05) is 24.1 Å². The van der Waals surface area contributed by atoms with Gasteiger partial charge in [0.25, 0.3) is 0 Å². The van der Waals surface area contributed by atoms with E-state index in [4.69, 9.17) is 15.3 Å². The molecule has 0 aliphatic carbocycles. The van der Waals surface area contributed by atoms with Crippen LogP contribution in [-0.2, 0) is 9.47 Å². The largest absolute Gasteiger partial charge is 0.465 e. The van der Waals surface area contributed by atoms with Crippen molar-refractivity contribution in [3.63, 3.8) is 0 Å². The number of nitrogens with zero attached hydrogens (tertiary/aromatic N) is 1. The number of hydrogen-bond acceptors (Lipinski definition) is 5. The zero-order chi connectivity index (χ0) is 14.5. The molecule has 5 heteroatoms. The molecule has 1 aliphatic rings. The molecule has 1 heterocycles. The van der Waals surface area contributed by atoms with E-state index in [1.54, 1.807) is 12.1 Å². The molecular weight excluding hydrogens is 256 g/mol. The second-order valence-electron chi connectivity index (χ2n) is 4.97. The van der Waals surface area contributed by atoms with Crippen LogP contribution in [0.5, 0.6) is 0 Å². The summed E-state index contributed by atoms with van der Waals surface area (Å²) >= 11 is 0. The predicted octanol–water partition coefficient (Wildman–Crippen LogP) is 1.89. The van der Waals surface area contributed by atoms with Crippen LogP contribution >= 0.6 is 0 Å². The Hall–Kier alpha value is -1.43. The minimum absolute atomic E-state index is 0.131. The molecule has 0 bridgehead atoms. The second-order valence-corrected chi connectivity index (χ2v) is 4.97. The molecule has 20 heavy (non-hydrogen) atoms. The molecule has 1 fully saturated rings. The number of hydrogen-bond donors (Lipinski definition) is 1. The fourth-order valence-electron chi connectivity index (χ4n) is 2.62. The van der Waals surface area contributed by atoms with Crippen LogP contribution in [0.3, 0.4) is 0 Å². The van der Waals surface area contributed by atoms with Crippen LogP contribution in [0, 0.1) is 0 Å². The Labute approximate surface area is 119 Å². The van der Waals surface area contributed by atoms with Gasteiger partial charge in [-0.15, -0.1) is 0 Å². The first-order valence-corrected chi connectivity index (χ1v) is 6.97. The van der Waals surface area contributed by atoms with Gasteiger partial charge in [0.1, 0.15) is 0 Å². The summed E-state index contributed by atoms with van der Waals surface area (Å²) in [5, 5.41) is 1.85. The van der Waals surface area contributed by atoms with E-state index >= 15 is 0 Å². The molecule has 0 saturated carbocycles. The van der Waals surface area contributed by atoms with Crippen LogP contribution in [0.25, 0.3) is 0 Å². The van der Waals surface area contributed by atoms with Gasteiger partial charge < -0.3 is 9.47 Å². The van der Waals surface area contributed by atoms with E-state index in [9.17, 15) is 4.79 Å². The molecule has 110 valence electrons. The van der Waals surface area contributed by atoms with Gasteiger partial charge in [-0.2, -0.15) is 0 Å². The Kier molecular flexibility index (Phi) is 5.11. The fraction of sp³-hybridized carbons (Fsp3) is 0.533. The Balaban J connectivity index is 2.10. The molecule has 0 radical (unpaired) electrons. The van der Waals surface area contributed by atoms with Gasteiger partial charge in [0.05, 0.1) is 24.8 Å². The highest BCUT2D eigenvalue weighted by Crippen LogP contribution is 2.30. The zero-order valence-corrected chi connectivity index (χ0v) is 12.0. The molecule has 0 amide bonds. The Morgan fingerprint density at radius 2 is 2.10 bits per heavy atom. The van der Waals surface area contributed by atoms with Gasteiger partial charge in [-0.05, 0) is 37.5 Å². The molecule has 2 atom stereocenters. The number of piperidine rings is 1. The molecule has 1 saturated heterocycles. The number of benzene rings is 1. The van der Waals surface area contributed by atoms with Crippen molar-refractivity contribution in [3.8, 4) is 0 Å². The monoisotopic (exact) mass is 278 g/mol. The highest BCUT2D eigenvalue weighted by molar-refractivity contribution is 5.89. The minimum atomic E-state index is -0.322. The maximum atomic E-state index is 11.4. The lowest BCUT2D eigenvalue weighted by atomic mass is 9.94. The van der Waals surface area contributed by atoms with E-state index in [0.29, 0.717) is 5.56 Å². The minimum Gasteiger partial charge on any atom is -0.465 e. The first-order valence-electron chi connectivity index (χ1n) is 6.97. The van der Waals surface area contributed by atoms with Gasteiger partial charge in [-0.3, -0.25) is 5.84 Å². The molecule has 2 rings (SSSR count). The van der Waals surface area contributed by atoms with E-state index in [2.05, 4.69) is 0 Å². The van der Waals surface area contributed by atoms with Gasteiger partial charge in [-0.1, -0.05) is 12.1 Å². The fourth-order valence-corrected chi connectivity index (χ4v) is 2.62. The number of carbonyl (C=O) groups is 1. The summed E-state index contributed by atoms with van der Waals surface area (Å²) in [6, 6.07) is 7.56.